The van der Waals surface area contributed by atoms with E-state index in [1.807, 2.05) is 45.0 Å². The molecule has 0 unspecified atom stereocenters. The number of ether oxygens (including phenoxy) is 1. The number of nitrogens with one attached hydrogen (secondary N) is 2. The minimum atomic E-state index is -0.296. The number of benzene rings is 2. The van der Waals surface area contributed by atoms with E-state index in [2.05, 4.69) is 25.3 Å². The summed E-state index contributed by atoms with van der Waals surface area (Å²) in [7, 11) is 0. The van der Waals surface area contributed by atoms with Crippen LogP contribution < -0.4 is 15.6 Å². The fourth-order valence-electron chi connectivity index (χ4n) is 2.73. The first-order valence-corrected chi connectivity index (χ1v) is 9.41. The Morgan fingerprint density at radius 2 is 1.79 bits per heavy atom. The molecular formula is C20H20ClN5O2. The number of nitrogens with zero attached hydrogens (tertiary/aromatic N) is 3. The quantitative estimate of drug-likeness (QED) is 0.492. The lowest BCUT2D eigenvalue weighted by Crippen LogP contribution is -2.12. The maximum Gasteiger partial charge on any atom is 0.260 e. The van der Waals surface area contributed by atoms with Gasteiger partial charge in [0, 0.05) is 5.39 Å². The van der Waals surface area contributed by atoms with Gasteiger partial charge in [0.1, 0.15) is 5.75 Å². The van der Waals surface area contributed by atoms with Crippen molar-refractivity contribution in [2.45, 2.75) is 20.8 Å². The molecule has 2 aromatic carbocycles. The molecule has 0 spiro atoms. The molecule has 28 heavy (non-hydrogen) atoms. The highest BCUT2D eigenvalue weighted by atomic mass is 35.5. The van der Waals surface area contributed by atoms with Crippen LogP contribution in [-0.2, 0) is 0 Å². The van der Waals surface area contributed by atoms with Crippen LogP contribution in [-0.4, -0.2) is 26.0 Å². The summed E-state index contributed by atoms with van der Waals surface area (Å²) in [4.78, 5) is 28.3. The van der Waals surface area contributed by atoms with Crippen LogP contribution in [0.4, 0.5) is 11.9 Å². The number of aromatic nitrogens is 4. The van der Waals surface area contributed by atoms with Crippen molar-refractivity contribution in [1.82, 2.24) is 19.9 Å². The standard InChI is InChI=1S/C18H14ClN5O2.C2H6/c1-10-12-4-2-3-5-14(12)21-17(20-10)24-18-22-15-7-6-11(26-9-19)8-13(15)16(25)23-18;1-2/h2-8H,9H2,1H3,(H2,20,21,22,23,24,25);1-2H3. The van der Waals surface area contributed by atoms with E-state index in [0.717, 1.165) is 16.6 Å². The van der Waals surface area contributed by atoms with Crippen LogP contribution >= 0.6 is 11.6 Å². The Hall–Kier alpha value is -3.19. The van der Waals surface area contributed by atoms with Gasteiger partial charge in [0.15, 0.2) is 6.07 Å². The Labute approximate surface area is 166 Å². The number of hydrogen-bond acceptors (Lipinski definition) is 6. The number of hydrogen-bond donors (Lipinski definition) is 2. The minimum Gasteiger partial charge on any atom is -0.478 e. The van der Waals surface area contributed by atoms with E-state index in [1.165, 1.54) is 0 Å². The summed E-state index contributed by atoms with van der Waals surface area (Å²) in [6.07, 6.45) is 0. The van der Waals surface area contributed by atoms with Gasteiger partial charge in [0.2, 0.25) is 11.9 Å². The van der Waals surface area contributed by atoms with Crippen LogP contribution in [0.5, 0.6) is 5.75 Å². The highest BCUT2D eigenvalue weighted by Gasteiger charge is 2.09. The van der Waals surface area contributed by atoms with Gasteiger partial charge in [-0.25, -0.2) is 15.0 Å². The van der Waals surface area contributed by atoms with E-state index in [1.54, 1.807) is 18.2 Å². The zero-order valence-corrected chi connectivity index (χ0v) is 16.5. The number of rotatable bonds is 4. The van der Waals surface area contributed by atoms with Gasteiger partial charge in [0.25, 0.3) is 5.56 Å². The molecule has 0 fully saturated rings. The van der Waals surface area contributed by atoms with Gasteiger partial charge >= 0.3 is 0 Å². The maximum absolute atomic E-state index is 12.4. The van der Waals surface area contributed by atoms with Crippen LogP contribution in [0.3, 0.4) is 0 Å². The van der Waals surface area contributed by atoms with Gasteiger partial charge in [-0.2, -0.15) is 0 Å². The van der Waals surface area contributed by atoms with Crippen molar-refractivity contribution in [1.29, 1.82) is 0 Å². The molecule has 0 bridgehead atoms. The average molecular weight is 398 g/mol. The number of alkyl halides is 1. The van der Waals surface area contributed by atoms with Crippen molar-refractivity contribution < 1.29 is 4.74 Å². The molecule has 7 nitrogen and oxygen atoms in total. The molecule has 8 heteroatoms. The molecule has 144 valence electrons. The molecule has 0 radical (unpaired) electrons. The summed E-state index contributed by atoms with van der Waals surface area (Å²) in [5.74, 6) is 1.14. The van der Waals surface area contributed by atoms with Crippen molar-refractivity contribution in [3.05, 3.63) is 58.5 Å². The molecule has 0 aliphatic carbocycles. The zero-order valence-electron chi connectivity index (χ0n) is 15.8. The molecule has 0 aliphatic rings. The van der Waals surface area contributed by atoms with E-state index in [4.69, 9.17) is 16.3 Å². The van der Waals surface area contributed by atoms with Gasteiger partial charge in [-0.1, -0.05) is 43.6 Å². The molecule has 2 aromatic heterocycles. The second-order valence-corrected chi connectivity index (χ2v) is 5.84. The van der Waals surface area contributed by atoms with E-state index in [0.29, 0.717) is 22.6 Å². The topological polar surface area (TPSA) is 92.8 Å². The molecule has 4 rings (SSSR count). The Balaban J connectivity index is 0.00000109. The lowest BCUT2D eigenvalue weighted by atomic mass is 10.2. The number of halogens is 1. The Morgan fingerprint density at radius 3 is 2.57 bits per heavy atom. The van der Waals surface area contributed by atoms with Crippen molar-refractivity contribution >= 4 is 45.3 Å². The number of aromatic amines is 1. The van der Waals surface area contributed by atoms with Crippen LogP contribution in [0, 0.1) is 6.92 Å². The van der Waals surface area contributed by atoms with Crippen LogP contribution in [0.25, 0.3) is 21.8 Å². The molecule has 0 saturated heterocycles. The van der Waals surface area contributed by atoms with Crippen LogP contribution in [0.1, 0.15) is 19.5 Å². The van der Waals surface area contributed by atoms with E-state index in [-0.39, 0.29) is 17.6 Å². The first-order valence-electron chi connectivity index (χ1n) is 8.87. The van der Waals surface area contributed by atoms with Gasteiger partial charge < -0.3 is 4.74 Å². The van der Waals surface area contributed by atoms with Crippen molar-refractivity contribution in [3.63, 3.8) is 0 Å². The summed E-state index contributed by atoms with van der Waals surface area (Å²) >= 11 is 5.55. The normalized spacial score (nSPS) is 10.4. The maximum atomic E-state index is 12.4. The minimum absolute atomic E-state index is 0.00906. The van der Waals surface area contributed by atoms with Crippen LogP contribution in [0.15, 0.2) is 47.3 Å². The van der Waals surface area contributed by atoms with Gasteiger partial charge in [-0.15, -0.1) is 0 Å². The number of fused-ring (bicyclic) bond motifs is 2. The molecule has 2 heterocycles. The zero-order chi connectivity index (χ0) is 20.1. The predicted octanol–water partition coefficient (Wildman–Crippen LogP) is 4.52. The molecule has 0 amide bonds. The molecule has 2 N–H and O–H groups in total. The highest BCUT2D eigenvalue weighted by Crippen LogP contribution is 2.20. The van der Waals surface area contributed by atoms with Gasteiger partial charge in [-0.05, 0) is 31.2 Å². The predicted molar refractivity (Wildman–Crippen MR) is 113 cm³/mol. The van der Waals surface area contributed by atoms with Crippen molar-refractivity contribution in [2.24, 2.45) is 0 Å². The molecule has 4 aromatic rings. The average Bonchev–Trinajstić information content (AvgIpc) is 2.70. The molecular weight excluding hydrogens is 378 g/mol. The molecule has 0 atom stereocenters. The smallest absolute Gasteiger partial charge is 0.260 e. The monoisotopic (exact) mass is 397 g/mol. The van der Waals surface area contributed by atoms with E-state index < -0.39 is 0 Å². The van der Waals surface area contributed by atoms with Crippen molar-refractivity contribution in [3.8, 4) is 5.75 Å². The second kappa shape index (κ2) is 8.67. The molecule has 0 aliphatic heterocycles. The van der Waals surface area contributed by atoms with Gasteiger partial charge in [-0.3, -0.25) is 15.1 Å². The largest absolute Gasteiger partial charge is 0.478 e. The highest BCUT2D eigenvalue weighted by molar-refractivity contribution is 6.17. The Bertz CT molecular complexity index is 1180. The first kappa shape index (κ1) is 19.6. The Kier molecular flexibility index (Phi) is 6.06. The fourth-order valence-corrected chi connectivity index (χ4v) is 2.85. The summed E-state index contributed by atoms with van der Waals surface area (Å²) in [5.41, 5.74) is 1.88. The van der Waals surface area contributed by atoms with E-state index >= 15 is 0 Å². The second-order valence-electron chi connectivity index (χ2n) is 5.62. The number of aryl methyl sites for hydroxylation is 1. The SMILES string of the molecule is CC.Cc1nc(Nc2nc3ccc(OCCl)cc3c(=O)[nH]2)nc2ccccc12. The van der Waals surface area contributed by atoms with Gasteiger partial charge in [0.05, 0.1) is 22.1 Å². The number of H-pyrrole nitrogens is 1. The third-order valence-electron chi connectivity index (χ3n) is 3.92. The number of anilines is 2. The Morgan fingerprint density at radius 1 is 1.04 bits per heavy atom. The van der Waals surface area contributed by atoms with E-state index in [9.17, 15) is 4.79 Å². The fraction of sp³-hybridized carbons (Fsp3) is 0.200. The summed E-state index contributed by atoms with van der Waals surface area (Å²) < 4.78 is 5.20. The first-order chi connectivity index (χ1) is 13.6. The summed E-state index contributed by atoms with van der Waals surface area (Å²) in [6.45, 7) is 5.91. The number of para-hydroxylation sites is 1. The molecule has 0 saturated carbocycles. The van der Waals surface area contributed by atoms with Crippen LogP contribution in [0.2, 0.25) is 0 Å². The third kappa shape index (κ3) is 4.04. The summed E-state index contributed by atoms with van der Waals surface area (Å²) in [5, 5.41) is 4.36. The summed E-state index contributed by atoms with van der Waals surface area (Å²) in [6, 6.07) is 12.7. The third-order valence-corrected chi connectivity index (χ3v) is 4.03. The lowest BCUT2D eigenvalue weighted by Gasteiger charge is -2.08. The lowest BCUT2D eigenvalue weighted by molar-refractivity contribution is 0.388. The van der Waals surface area contributed by atoms with Crippen molar-refractivity contribution in [2.75, 3.05) is 11.4 Å².